The van der Waals surface area contributed by atoms with Gasteiger partial charge in [-0.25, -0.2) is 0 Å². The summed E-state index contributed by atoms with van der Waals surface area (Å²) in [6.45, 7) is 3.85. The van der Waals surface area contributed by atoms with Crippen LogP contribution in [0, 0.1) is 6.92 Å². The highest BCUT2D eigenvalue weighted by Crippen LogP contribution is 2.14. The maximum absolute atomic E-state index is 5.79. The quantitative estimate of drug-likeness (QED) is 0.803. The molecule has 14 heavy (non-hydrogen) atoms. The van der Waals surface area contributed by atoms with Crippen molar-refractivity contribution in [1.82, 2.24) is 10.2 Å². The molecule has 1 aromatic heterocycles. The average Bonchev–Trinajstić information content (AvgIpc) is 2.56. The van der Waals surface area contributed by atoms with E-state index in [1.807, 2.05) is 24.3 Å². The van der Waals surface area contributed by atoms with Crippen molar-refractivity contribution in [2.24, 2.45) is 0 Å². The molecule has 0 saturated carbocycles. The summed E-state index contributed by atoms with van der Waals surface area (Å²) < 4.78 is 0. The van der Waals surface area contributed by atoms with Crippen LogP contribution in [0.1, 0.15) is 16.8 Å². The molecule has 1 N–H and O–H groups in total. The Hall–Kier alpha value is -1.28. The molecular weight excluding hydrogens is 196 g/mol. The highest BCUT2D eigenvalue weighted by Gasteiger charge is 2.01. The molecule has 0 aliphatic rings. The van der Waals surface area contributed by atoms with Gasteiger partial charge in [-0.3, -0.25) is 5.10 Å². The Morgan fingerprint density at radius 1 is 1.29 bits per heavy atom. The van der Waals surface area contributed by atoms with E-state index in [-0.39, 0.29) is 0 Å². The first-order valence-electron chi connectivity index (χ1n) is 4.34. The number of rotatable bonds is 2. The summed E-state index contributed by atoms with van der Waals surface area (Å²) in [5.74, 6) is 0. The summed E-state index contributed by atoms with van der Waals surface area (Å²) in [6, 6.07) is 7.79. The molecule has 2 rings (SSSR count). The van der Waals surface area contributed by atoms with E-state index in [1.165, 1.54) is 5.56 Å². The number of hydrogen-bond donors (Lipinski definition) is 1. The molecule has 0 spiro atoms. The predicted molar refractivity (Wildman–Crippen MR) is 57.3 cm³/mol. The largest absolute Gasteiger partial charge is 0.282 e. The minimum atomic E-state index is 0.760. The molecule has 0 bridgehead atoms. The lowest BCUT2D eigenvalue weighted by Crippen LogP contribution is -1.88. The fourth-order valence-corrected chi connectivity index (χ4v) is 1.44. The number of nitrogens with one attached hydrogen (secondary N) is 1. The summed E-state index contributed by atoms with van der Waals surface area (Å²) in [5.41, 5.74) is 3.20. The van der Waals surface area contributed by atoms with Crippen molar-refractivity contribution in [2.45, 2.75) is 6.42 Å². The molecule has 0 aliphatic carbocycles. The normalized spacial score (nSPS) is 10.4. The van der Waals surface area contributed by atoms with Crippen LogP contribution in [0.15, 0.2) is 30.5 Å². The van der Waals surface area contributed by atoms with Crippen LogP contribution in [-0.2, 0) is 6.42 Å². The monoisotopic (exact) mass is 205 g/mol. The lowest BCUT2D eigenvalue weighted by atomic mass is 10.1. The summed E-state index contributed by atoms with van der Waals surface area (Å²) in [7, 11) is 0. The van der Waals surface area contributed by atoms with Gasteiger partial charge in [0.25, 0.3) is 0 Å². The maximum Gasteiger partial charge on any atom is 0.0525 e. The van der Waals surface area contributed by atoms with Crippen molar-refractivity contribution >= 4 is 11.6 Å². The second kappa shape index (κ2) is 3.84. The van der Waals surface area contributed by atoms with Gasteiger partial charge in [-0.05, 0) is 30.2 Å². The van der Waals surface area contributed by atoms with Crippen LogP contribution in [0.2, 0.25) is 5.02 Å². The van der Waals surface area contributed by atoms with E-state index < -0.39 is 0 Å². The third-order valence-electron chi connectivity index (χ3n) is 2.12. The highest BCUT2D eigenvalue weighted by molar-refractivity contribution is 6.30. The topological polar surface area (TPSA) is 28.7 Å². The Bertz CT molecular complexity index is 417. The Kier molecular flexibility index (Phi) is 2.55. The lowest BCUT2D eigenvalue weighted by Gasteiger charge is -1.99. The van der Waals surface area contributed by atoms with Crippen LogP contribution in [-0.4, -0.2) is 10.2 Å². The molecule has 0 atom stereocenters. The fourth-order valence-electron chi connectivity index (χ4n) is 1.31. The molecule has 1 aromatic carbocycles. The van der Waals surface area contributed by atoms with Gasteiger partial charge in [0, 0.05) is 17.1 Å². The molecule has 3 heteroatoms. The molecule has 0 saturated heterocycles. The molecule has 1 radical (unpaired) electrons. The highest BCUT2D eigenvalue weighted by atomic mass is 35.5. The van der Waals surface area contributed by atoms with E-state index in [0.29, 0.717) is 0 Å². The van der Waals surface area contributed by atoms with E-state index in [2.05, 4.69) is 17.1 Å². The van der Waals surface area contributed by atoms with Crippen LogP contribution < -0.4 is 0 Å². The van der Waals surface area contributed by atoms with Crippen molar-refractivity contribution in [3.05, 3.63) is 59.2 Å². The van der Waals surface area contributed by atoms with Gasteiger partial charge in [0.2, 0.25) is 0 Å². The third kappa shape index (κ3) is 1.96. The van der Waals surface area contributed by atoms with Crippen LogP contribution in [0.4, 0.5) is 0 Å². The van der Waals surface area contributed by atoms with Gasteiger partial charge in [0.05, 0.1) is 6.20 Å². The Morgan fingerprint density at radius 3 is 2.57 bits per heavy atom. The van der Waals surface area contributed by atoms with E-state index >= 15 is 0 Å². The predicted octanol–water partition coefficient (Wildman–Crippen LogP) is 2.84. The van der Waals surface area contributed by atoms with E-state index in [4.69, 9.17) is 11.6 Å². The second-order valence-electron chi connectivity index (χ2n) is 3.18. The zero-order chi connectivity index (χ0) is 9.97. The standard InChI is InChI=1S/C11H10ClN2/c1-8-10(7-13-14-8)6-9-2-4-11(12)5-3-9/h2-5,7H,1,6H2,(H,13,14). The summed E-state index contributed by atoms with van der Waals surface area (Å²) >= 11 is 5.79. The van der Waals surface area contributed by atoms with Gasteiger partial charge >= 0.3 is 0 Å². The van der Waals surface area contributed by atoms with Crippen molar-refractivity contribution in [2.75, 3.05) is 0 Å². The summed E-state index contributed by atoms with van der Waals surface area (Å²) in [4.78, 5) is 0. The Morgan fingerprint density at radius 2 is 2.00 bits per heavy atom. The first-order valence-corrected chi connectivity index (χ1v) is 4.72. The molecule has 2 nitrogen and oxygen atoms in total. The van der Waals surface area contributed by atoms with Crippen molar-refractivity contribution in [1.29, 1.82) is 0 Å². The summed E-state index contributed by atoms with van der Waals surface area (Å²) in [5, 5.41) is 7.49. The van der Waals surface area contributed by atoms with Crippen LogP contribution in [0.3, 0.4) is 0 Å². The van der Waals surface area contributed by atoms with E-state index in [9.17, 15) is 0 Å². The van der Waals surface area contributed by atoms with Gasteiger partial charge in [-0.15, -0.1) is 0 Å². The lowest BCUT2D eigenvalue weighted by molar-refractivity contribution is 1.07. The average molecular weight is 206 g/mol. The number of aromatic amines is 1. The number of halogens is 1. The zero-order valence-electron chi connectivity index (χ0n) is 7.63. The van der Waals surface area contributed by atoms with Crippen molar-refractivity contribution in [3.63, 3.8) is 0 Å². The minimum Gasteiger partial charge on any atom is -0.282 e. The molecule has 0 amide bonds. The maximum atomic E-state index is 5.79. The number of nitrogens with zero attached hydrogens (tertiary/aromatic N) is 1. The zero-order valence-corrected chi connectivity index (χ0v) is 8.38. The Labute approximate surface area is 87.9 Å². The molecule has 0 fully saturated rings. The smallest absolute Gasteiger partial charge is 0.0525 e. The van der Waals surface area contributed by atoms with E-state index in [0.717, 1.165) is 22.7 Å². The number of aromatic nitrogens is 2. The minimum absolute atomic E-state index is 0.760. The van der Waals surface area contributed by atoms with Crippen LogP contribution in [0.25, 0.3) is 0 Å². The van der Waals surface area contributed by atoms with E-state index in [1.54, 1.807) is 6.20 Å². The molecular formula is C11H10ClN2. The fraction of sp³-hybridized carbons (Fsp3) is 0.0909. The van der Waals surface area contributed by atoms with Gasteiger partial charge < -0.3 is 0 Å². The number of H-pyrrole nitrogens is 1. The molecule has 0 unspecified atom stereocenters. The third-order valence-corrected chi connectivity index (χ3v) is 2.37. The molecule has 0 aliphatic heterocycles. The van der Waals surface area contributed by atoms with Crippen molar-refractivity contribution < 1.29 is 0 Å². The first kappa shape index (κ1) is 9.28. The molecule has 71 valence electrons. The Balaban J connectivity index is 2.19. The van der Waals surface area contributed by atoms with Gasteiger partial charge in [-0.2, -0.15) is 5.10 Å². The molecule has 2 aromatic rings. The van der Waals surface area contributed by atoms with Gasteiger partial charge in [-0.1, -0.05) is 23.7 Å². The van der Waals surface area contributed by atoms with Crippen molar-refractivity contribution in [3.8, 4) is 0 Å². The summed E-state index contributed by atoms with van der Waals surface area (Å²) in [6.07, 6.45) is 2.64. The SMILES string of the molecule is [CH2]c1[nH]ncc1Cc1ccc(Cl)cc1. The first-order chi connectivity index (χ1) is 6.75. The second-order valence-corrected chi connectivity index (χ2v) is 3.61. The number of benzene rings is 1. The number of hydrogen-bond acceptors (Lipinski definition) is 1. The van der Waals surface area contributed by atoms with Gasteiger partial charge in [0.1, 0.15) is 0 Å². The molecule has 1 heterocycles. The van der Waals surface area contributed by atoms with Gasteiger partial charge in [0.15, 0.2) is 0 Å². The van der Waals surface area contributed by atoms with Crippen LogP contribution >= 0.6 is 11.6 Å². The van der Waals surface area contributed by atoms with Crippen LogP contribution in [0.5, 0.6) is 0 Å².